The first-order chi connectivity index (χ1) is 12.3. The molecule has 26 heavy (non-hydrogen) atoms. The summed E-state index contributed by atoms with van der Waals surface area (Å²) in [6.45, 7) is 9.60. The molecule has 2 aromatic heterocycles. The molecule has 0 aromatic carbocycles. The number of H-pyrrole nitrogens is 1. The minimum Gasteiger partial charge on any atom is -0.356 e. The number of amides is 1. The first kappa shape index (κ1) is 19.1. The number of aromatic nitrogens is 2. The number of aromatic amines is 1. The van der Waals surface area contributed by atoms with Crippen LogP contribution in [0.3, 0.4) is 0 Å². The first-order valence-corrected chi connectivity index (χ1v) is 10.4. The number of nitrogens with one attached hydrogen (secondary N) is 2. The Morgan fingerprint density at radius 2 is 2.15 bits per heavy atom. The minimum absolute atomic E-state index is 0.00749. The van der Waals surface area contributed by atoms with Crippen molar-refractivity contribution in [3.8, 4) is 0 Å². The Labute approximate surface area is 158 Å². The van der Waals surface area contributed by atoms with Gasteiger partial charge in [-0.15, -0.1) is 11.3 Å². The predicted octanol–water partition coefficient (Wildman–Crippen LogP) is 3.59. The average molecular weight is 376 g/mol. The third-order valence-electron chi connectivity index (χ3n) is 5.35. The van der Waals surface area contributed by atoms with Crippen molar-refractivity contribution in [3.63, 3.8) is 0 Å². The van der Waals surface area contributed by atoms with Gasteiger partial charge in [0, 0.05) is 24.3 Å². The van der Waals surface area contributed by atoms with E-state index in [0.717, 1.165) is 35.9 Å². The summed E-state index contributed by atoms with van der Waals surface area (Å²) in [4.78, 5) is 34.1. The van der Waals surface area contributed by atoms with E-state index >= 15 is 0 Å². The van der Waals surface area contributed by atoms with E-state index in [9.17, 15) is 9.59 Å². The molecule has 0 saturated heterocycles. The van der Waals surface area contributed by atoms with Crippen LogP contribution in [0, 0.1) is 11.3 Å². The highest BCUT2D eigenvalue weighted by atomic mass is 32.1. The fraction of sp³-hybridized carbons (Fsp3) is 0.650. The molecular formula is C20H29N3O2S. The molecule has 2 N–H and O–H groups in total. The van der Waals surface area contributed by atoms with Crippen LogP contribution in [0.2, 0.25) is 0 Å². The van der Waals surface area contributed by atoms with Gasteiger partial charge < -0.3 is 10.3 Å². The third-order valence-corrected chi connectivity index (χ3v) is 6.50. The van der Waals surface area contributed by atoms with Gasteiger partial charge in [0.15, 0.2) is 0 Å². The van der Waals surface area contributed by atoms with Gasteiger partial charge in [-0.25, -0.2) is 4.98 Å². The van der Waals surface area contributed by atoms with E-state index in [1.807, 2.05) is 6.92 Å². The largest absolute Gasteiger partial charge is 0.356 e. The van der Waals surface area contributed by atoms with Crippen molar-refractivity contribution in [1.29, 1.82) is 0 Å². The molecule has 2 heterocycles. The van der Waals surface area contributed by atoms with Crippen LogP contribution in [0.15, 0.2) is 4.79 Å². The van der Waals surface area contributed by atoms with Crippen LogP contribution in [0.5, 0.6) is 0 Å². The molecule has 0 bridgehead atoms. The van der Waals surface area contributed by atoms with Gasteiger partial charge in [0.2, 0.25) is 5.91 Å². The van der Waals surface area contributed by atoms with E-state index in [-0.39, 0.29) is 16.9 Å². The van der Waals surface area contributed by atoms with Crippen molar-refractivity contribution < 1.29 is 4.79 Å². The van der Waals surface area contributed by atoms with Crippen LogP contribution in [0.4, 0.5) is 0 Å². The lowest BCUT2D eigenvalue weighted by Crippen LogP contribution is -2.26. The number of nitrogens with zero attached hydrogens (tertiary/aromatic N) is 1. The average Bonchev–Trinajstić information content (AvgIpc) is 2.95. The molecule has 0 aliphatic heterocycles. The lowest BCUT2D eigenvalue weighted by atomic mass is 9.72. The summed E-state index contributed by atoms with van der Waals surface area (Å²) >= 11 is 1.66. The predicted molar refractivity (Wildman–Crippen MR) is 107 cm³/mol. The summed E-state index contributed by atoms with van der Waals surface area (Å²) in [5.41, 5.74) is 1.43. The molecule has 1 atom stereocenters. The molecule has 1 unspecified atom stereocenters. The summed E-state index contributed by atoms with van der Waals surface area (Å²) in [7, 11) is 0. The first-order valence-electron chi connectivity index (χ1n) is 9.59. The molecule has 142 valence electrons. The molecule has 1 aliphatic carbocycles. The highest BCUT2D eigenvalue weighted by Crippen LogP contribution is 2.41. The zero-order chi connectivity index (χ0) is 18.9. The molecular weight excluding hydrogens is 346 g/mol. The maximum absolute atomic E-state index is 12.6. The minimum atomic E-state index is -0.0503. The van der Waals surface area contributed by atoms with E-state index in [0.29, 0.717) is 31.1 Å². The van der Waals surface area contributed by atoms with Crippen LogP contribution in [-0.2, 0) is 24.1 Å². The number of rotatable bonds is 5. The van der Waals surface area contributed by atoms with Crippen LogP contribution in [0.25, 0.3) is 10.2 Å². The SMILES string of the molecule is CCCNC(=O)CCc1nc2sc3c(c2c(=O)[nH]1)CCC(C(C)(C)C)C3. The van der Waals surface area contributed by atoms with E-state index < -0.39 is 0 Å². The van der Waals surface area contributed by atoms with Crippen LogP contribution < -0.4 is 10.9 Å². The second kappa shape index (κ2) is 7.51. The lowest BCUT2D eigenvalue weighted by Gasteiger charge is -2.33. The van der Waals surface area contributed by atoms with Crippen molar-refractivity contribution in [3.05, 3.63) is 26.6 Å². The van der Waals surface area contributed by atoms with Crippen molar-refractivity contribution >= 4 is 27.5 Å². The molecule has 0 spiro atoms. The van der Waals surface area contributed by atoms with Gasteiger partial charge in [-0.3, -0.25) is 9.59 Å². The molecule has 0 radical (unpaired) electrons. The van der Waals surface area contributed by atoms with E-state index in [4.69, 9.17) is 0 Å². The number of aryl methyl sites for hydroxylation is 2. The summed E-state index contributed by atoms with van der Waals surface area (Å²) in [5, 5.41) is 3.63. The van der Waals surface area contributed by atoms with E-state index in [1.165, 1.54) is 10.4 Å². The van der Waals surface area contributed by atoms with Crippen LogP contribution in [0.1, 0.15) is 63.2 Å². The fourth-order valence-corrected chi connectivity index (χ4v) is 4.99. The van der Waals surface area contributed by atoms with Crippen LogP contribution in [-0.4, -0.2) is 22.4 Å². The van der Waals surface area contributed by atoms with Crippen molar-refractivity contribution in [2.24, 2.45) is 11.3 Å². The highest BCUT2D eigenvalue weighted by molar-refractivity contribution is 7.18. The summed E-state index contributed by atoms with van der Waals surface area (Å²) in [6.07, 6.45) is 4.86. The zero-order valence-electron chi connectivity index (χ0n) is 16.2. The second-order valence-electron chi connectivity index (χ2n) is 8.35. The fourth-order valence-electron chi connectivity index (χ4n) is 3.67. The molecule has 6 heteroatoms. The topological polar surface area (TPSA) is 74.8 Å². The molecule has 0 saturated carbocycles. The number of thiophene rings is 1. The summed E-state index contributed by atoms with van der Waals surface area (Å²) in [6, 6.07) is 0. The van der Waals surface area contributed by atoms with Gasteiger partial charge in [0.1, 0.15) is 10.7 Å². The van der Waals surface area contributed by atoms with Crippen molar-refractivity contribution in [2.45, 2.75) is 66.2 Å². The van der Waals surface area contributed by atoms with Gasteiger partial charge in [-0.1, -0.05) is 27.7 Å². The Kier molecular flexibility index (Phi) is 5.51. The Hall–Kier alpha value is -1.69. The molecule has 3 rings (SSSR count). The summed E-state index contributed by atoms with van der Waals surface area (Å²) < 4.78 is 0. The number of hydrogen-bond acceptors (Lipinski definition) is 4. The van der Waals surface area contributed by atoms with Gasteiger partial charge in [0.05, 0.1) is 5.39 Å². The lowest BCUT2D eigenvalue weighted by molar-refractivity contribution is -0.121. The van der Waals surface area contributed by atoms with Gasteiger partial charge in [-0.05, 0) is 42.6 Å². The highest BCUT2D eigenvalue weighted by Gasteiger charge is 2.31. The van der Waals surface area contributed by atoms with Crippen molar-refractivity contribution in [1.82, 2.24) is 15.3 Å². The molecule has 1 amide bonds. The molecule has 2 aromatic rings. The van der Waals surface area contributed by atoms with Gasteiger partial charge >= 0.3 is 0 Å². The quantitative estimate of drug-likeness (QED) is 0.838. The molecule has 0 fully saturated rings. The number of carbonyl (C=O) groups is 1. The maximum atomic E-state index is 12.6. The Morgan fingerprint density at radius 1 is 1.38 bits per heavy atom. The normalized spacial score (nSPS) is 17.3. The standard InChI is InChI=1S/C20H29N3O2S/c1-5-10-21-16(24)9-8-15-22-18(25)17-13-7-6-12(20(2,3)4)11-14(13)26-19(17)23-15/h12H,5-11H2,1-4H3,(H,21,24)(H,22,23,25). The number of carbonyl (C=O) groups excluding carboxylic acids is 1. The van der Waals surface area contributed by atoms with Crippen molar-refractivity contribution in [2.75, 3.05) is 6.54 Å². The summed E-state index contributed by atoms with van der Waals surface area (Å²) in [5.74, 6) is 1.26. The number of fused-ring (bicyclic) bond motifs is 3. The van der Waals surface area contributed by atoms with Crippen LogP contribution >= 0.6 is 11.3 Å². The molecule has 1 aliphatic rings. The Balaban J connectivity index is 1.82. The number of hydrogen-bond donors (Lipinski definition) is 2. The molecule has 5 nitrogen and oxygen atoms in total. The van der Waals surface area contributed by atoms with Gasteiger partial charge in [-0.2, -0.15) is 0 Å². The van der Waals surface area contributed by atoms with E-state index in [2.05, 4.69) is 36.1 Å². The zero-order valence-corrected chi connectivity index (χ0v) is 17.0. The maximum Gasteiger partial charge on any atom is 0.259 e. The van der Waals surface area contributed by atoms with E-state index in [1.54, 1.807) is 11.3 Å². The Bertz CT molecular complexity index is 860. The Morgan fingerprint density at radius 3 is 2.85 bits per heavy atom. The monoisotopic (exact) mass is 375 g/mol. The second-order valence-corrected chi connectivity index (χ2v) is 9.44. The third kappa shape index (κ3) is 4.00. The smallest absolute Gasteiger partial charge is 0.259 e. The van der Waals surface area contributed by atoms with Gasteiger partial charge in [0.25, 0.3) is 5.56 Å².